The largest absolute Gasteiger partial charge is 0.368 e. The van der Waals surface area contributed by atoms with Gasteiger partial charge in [0, 0.05) is 43.4 Å². The van der Waals surface area contributed by atoms with Crippen LogP contribution in [0.3, 0.4) is 0 Å². The first-order valence-electron chi connectivity index (χ1n) is 7.14. The van der Waals surface area contributed by atoms with E-state index in [1.165, 1.54) is 28.4 Å². The first-order chi connectivity index (χ1) is 11.1. The summed E-state index contributed by atoms with van der Waals surface area (Å²) in [5.74, 6) is -1.50. The van der Waals surface area contributed by atoms with Gasteiger partial charge in [0.25, 0.3) is 0 Å². The normalized spacial score (nSPS) is 14.7. The van der Waals surface area contributed by atoms with Crippen molar-refractivity contribution in [2.24, 2.45) is 0 Å². The molecule has 1 N–H and O–H groups in total. The van der Waals surface area contributed by atoms with E-state index in [-0.39, 0.29) is 5.82 Å². The van der Waals surface area contributed by atoms with Crippen molar-refractivity contribution in [1.29, 1.82) is 0 Å². The topological polar surface area (TPSA) is 65.5 Å². The molecule has 1 aliphatic rings. The summed E-state index contributed by atoms with van der Waals surface area (Å²) in [5.41, 5.74) is 0.908. The second-order valence-corrected chi connectivity index (χ2v) is 5.94. The van der Waals surface area contributed by atoms with E-state index in [0.29, 0.717) is 31.3 Å². The number of anilines is 2. The molecular formula is C15H15FN4O2S. The van der Waals surface area contributed by atoms with Crippen molar-refractivity contribution < 1.29 is 14.0 Å². The molecule has 1 aromatic carbocycles. The van der Waals surface area contributed by atoms with Gasteiger partial charge < -0.3 is 9.80 Å². The van der Waals surface area contributed by atoms with Crippen molar-refractivity contribution >= 4 is 34.0 Å². The molecule has 6 nitrogen and oxygen atoms in total. The van der Waals surface area contributed by atoms with Gasteiger partial charge in [-0.25, -0.2) is 9.37 Å². The van der Waals surface area contributed by atoms with Crippen LogP contribution in [0.15, 0.2) is 35.8 Å². The molecular weight excluding hydrogens is 319 g/mol. The molecule has 0 bridgehead atoms. The standard InChI is InChI=1S/C15H15FN4O2S/c16-11-1-3-12(4-2-11)19-6-8-20(9-7-19)14(22)13(21)18-15-17-5-10-23-15/h1-5,10H,6-9H2,(H,17,18,21). The number of amides is 2. The Balaban J connectivity index is 1.54. The van der Waals surface area contributed by atoms with Gasteiger partial charge in [0.1, 0.15) is 5.82 Å². The minimum Gasteiger partial charge on any atom is -0.368 e. The Morgan fingerprint density at radius 3 is 2.43 bits per heavy atom. The maximum atomic E-state index is 12.9. The van der Waals surface area contributed by atoms with Crippen LogP contribution < -0.4 is 10.2 Å². The number of hydrogen-bond donors (Lipinski definition) is 1. The highest BCUT2D eigenvalue weighted by Crippen LogP contribution is 2.17. The van der Waals surface area contributed by atoms with Gasteiger partial charge in [0.15, 0.2) is 5.13 Å². The van der Waals surface area contributed by atoms with Gasteiger partial charge in [0.05, 0.1) is 0 Å². The van der Waals surface area contributed by atoms with Crippen LogP contribution in [0.4, 0.5) is 15.2 Å². The molecule has 0 saturated carbocycles. The Kier molecular flexibility index (Phi) is 4.52. The monoisotopic (exact) mass is 334 g/mol. The van der Waals surface area contributed by atoms with Gasteiger partial charge >= 0.3 is 11.8 Å². The van der Waals surface area contributed by atoms with Crippen LogP contribution in [0.25, 0.3) is 0 Å². The summed E-state index contributed by atoms with van der Waals surface area (Å²) in [7, 11) is 0. The number of nitrogens with zero attached hydrogens (tertiary/aromatic N) is 3. The van der Waals surface area contributed by atoms with Crippen molar-refractivity contribution in [3.05, 3.63) is 41.7 Å². The van der Waals surface area contributed by atoms with Gasteiger partial charge in [-0.3, -0.25) is 14.9 Å². The Morgan fingerprint density at radius 1 is 1.13 bits per heavy atom. The number of piperazine rings is 1. The summed E-state index contributed by atoms with van der Waals surface area (Å²) in [6.07, 6.45) is 1.56. The molecule has 8 heteroatoms. The zero-order valence-electron chi connectivity index (χ0n) is 12.2. The van der Waals surface area contributed by atoms with Crippen molar-refractivity contribution in [2.75, 3.05) is 36.4 Å². The predicted molar refractivity (Wildman–Crippen MR) is 85.9 cm³/mol. The summed E-state index contributed by atoms with van der Waals surface area (Å²) >= 11 is 1.26. The molecule has 0 unspecified atom stereocenters. The van der Waals surface area contributed by atoms with Crippen LogP contribution in [0.5, 0.6) is 0 Å². The predicted octanol–water partition coefficient (Wildman–Crippen LogP) is 1.57. The zero-order valence-corrected chi connectivity index (χ0v) is 13.1. The van der Waals surface area contributed by atoms with E-state index in [9.17, 15) is 14.0 Å². The molecule has 1 fully saturated rings. The fourth-order valence-electron chi connectivity index (χ4n) is 2.40. The average molecular weight is 334 g/mol. The molecule has 0 spiro atoms. The molecule has 0 atom stereocenters. The third-order valence-electron chi connectivity index (χ3n) is 3.61. The van der Waals surface area contributed by atoms with E-state index in [2.05, 4.69) is 15.2 Å². The summed E-state index contributed by atoms with van der Waals surface area (Å²) in [5, 5.41) is 4.62. The molecule has 3 rings (SSSR count). The number of carbonyl (C=O) groups is 2. The number of carbonyl (C=O) groups excluding carboxylic acids is 2. The first kappa shape index (κ1) is 15.4. The fraction of sp³-hybridized carbons (Fsp3) is 0.267. The highest BCUT2D eigenvalue weighted by Gasteiger charge is 2.26. The van der Waals surface area contributed by atoms with Crippen molar-refractivity contribution in [1.82, 2.24) is 9.88 Å². The van der Waals surface area contributed by atoms with Crippen LogP contribution in [-0.4, -0.2) is 47.9 Å². The number of halogens is 1. The van der Waals surface area contributed by atoms with Gasteiger partial charge in [-0.15, -0.1) is 11.3 Å². The van der Waals surface area contributed by atoms with E-state index >= 15 is 0 Å². The lowest BCUT2D eigenvalue weighted by Crippen LogP contribution is -2.51. The number of nitrogens with one attached hydrogen (secondary N) is 1. The molecule has 23 heavy (non-hydrogen) atoms. The third kappa shape index (κ3) is 3.65. The van der Waals surface area contributed by atoms with Crippen LogP contribution in [0, 0.1) is 5.82 Å². The summed E-state index contributed by atoms with van der Waals surface area (Å²) in [4.78, 5) is 31.5. The van der Waals surface area contributed by atoms with E-state index in [4.69, 9.17) is 0 Å². The zero-order chi connectivity index (χ0) is 16.2. The third-order valence-corrected chi connectivity index (χ3v) is 4.29. The second kappa shape index (κ2) is 6.74. The molecule has 1 aliphatic heterocycles. The first-order valence-corrected chi connectivity index (χ1v) is 8.02. The van der Waals surface area contributed by atoms with E-state index < -0.39 is 11.8 Å². The molecule has 2 heterocycles. The molecule has 1 aromatic heterocycles. The SMILES string of the molecule is O=C(Nc1nccs1)C(=O)N1CCN(c2ccc(F)cc2)CC1. The second-order valence-electron chi connectivity index (χ2n) is 5.05. The highest BCUT2D eigenvalue weighted by atomic mass is 32.1. The van der Waals surface area contributed by atoms with E-state index in [1.807, 2.05) is 0 Å². The lowest BCUT2D eigenvalue weighted by molar-refractivity contribution is -0.143. The summed E-state index contributed by atoms with van der Waals surface area (Å²) in [6, 6.07) is 6.24. The minimum atomic E-state index is -0.671. The molecule has 2 aromatic rings. The maximum Gasteiger partial charge on any atom is 0.315 e. The maximum absolute atomic E-state index is 12.9. The van der Waals surface area contributed by atoms with Crippen LogP contribution in [0.1, 0.15) is 0 Å². The summed E-state index contributed by atoms with van der Waals surface area (Å²) < 4.78 is 12.9. The Hall–Kier alpha value is -2.48. The number of aromatic nitrogens is 1. The van der Waals surface area contributed by atoms with Gasteiger partial charge in [0.2, 0.25) is 0 Å². The molecule has 120 valence electrons. The fourth-order valence-corrected chi connectivity index (χ4v) is 2.92. The Bertz CT molecular complexity index is 682. The van der Waals surface area contributed by atoms with Gasteiger partial charge in [-0.05, 0) is 24.3 Å². The Morgan fingerprint density at radius 2 is 1.83 bits per heavy atom. The Labute approximate surface area is 136 Å². The molecule has 1 saturated heterocycles. The quantitative estimate of drug-likeness (QED) is 0.847. The minimum absolute atomic E-state index is 0.276. The molecule has 2 amide bonds. The lowest BCUT2D eigenvalue weighted by atomic mass is 10.2. The number of hydrogen-bond acceptors (Lipinski definition) is 5. The summed E-state index contributed by atoms with van der Waals surface area (Å²) in [6.45, 7) is 2.09. The van der Waals surface area contributed by atoms with Crippen molar-refractivity contribution in [3.63, 3.8) is 0 Å². The smallest absolute Gasteiger partial charge is 0.315 e. The van der Waals surface area contributed by atoms with Crippen LogP contribution in [0.2, 0.25) is 0 Å². The van der Waals surface area contributed by atoms with Gasteiger partial charge in [-0.1, -0.05) is 0 Å². The lowest BCUT2D eigenvalue weighted by Gasteiger charge is -2.35. The van der Waals surface area contributed by atoms with Crippen LogP contribution in [-0.2, 0) is 9.59 Å². The average Bonchev–Trinajstić information content (AvgIpc) is 3.08. The number of rotatable bonds is 2. The molecule has 0 radical (unpaired) electrons. The van der Waals surface area contributed by atoms with Crippen molar-refractivity contribution in [2.45, 2.75) is 0 Å². The van der Waals surface area contributed by atoms with E-state index in [1.54, 1.807) is 23.7 Å². The molecule has 0 aliphatic carbocycles. The van der Waals surface area contributed by atoms with E-state index in [0.717, 1.165) is 5.69 Å². The highest BCUT2D eigenvalue weighted by molar-refractivity contribution is 7.13. The number of thiazole rings is 1. The number of benzene rings is 1. The van der Waals surface area contributed by atoms with Gasteiger partial charge in [-0.2, -0.15) is 0 Å². The van der Waals surface area contributed by atoms with Crippen LogP contribution >= 0.6 is 11.3 Å². The van der Waals surface area contributed by atoms with Crippen molar-refractivity contribution in [3.8, 4) is 0 Å².